The molecule has 0 aliphatic rings. The second kappa shape index (κ2) is 8.32. The molecule has 0 fully saturated rings. The van der Waals surface area contributed by atoms with Crippen molar-refractivity contribution in [2.45, 2.75) is 18.5 Å². The van der Waals surface area contributed by atoms with E-state index in [0.717, 1.165) is 6.42 Å². The van der Waals surface area contributed by atoms with Gasteiger partial charge in [-0.05, 0) is 12.5 Å². The van der Waals surface area contributed by atoms with Gasteiger partial charge in [0.05, 0.1) is 6.23 Å². The smallest absolute Gasteiger partial charge is 0.396 e. The largest absolute Gasteiger partial charge is 0.500 e. The lowest BCUT2D eigenvalue weighted by atomic mass is 10.6. The van der Waals surface area contributed by atoms with Crippen LogP contribution in [0, 0.1) is 0 Å². The van der Waals surface area contributed by atoms with E-state index in [-0.39, 0.29) is 6.23 Å². The van der Waals surface area contributed by atoms with Gasteiger partial charge >= 0.3 is 17.4 Å². The fourth-order valence-corrected chi connectivity index (χ4v) is 5.41. The highest BCUT2D eigenvalue weighted by atomic mass is 28.4. The van der Waals surface area contributed by atoms with Crippen LogP contribution in [-0.4, -0.2) is 64.3 Å². The number of rotatable bonds is 10. The van der Waals surface area contributed by atoms with Crippen molar-refractivity contribution in [2.24, 2.45) is 0 Å². The highest BCUT2D eigenvalue weighted by Crippen LogP contribution is 2.21. The number of aliphatic hydroxyl groups is 1. The maximum atomic E-state index is 9.31. The van der Waals surface area contributed by atoms with E-state index in [2.05, 4.69) is 0 Å². The zero-order valence-corrected chi connectivity index (χ0v) is 13.3. The molecular formula is C9H24O6Si2. The first-order valence-corrected chi connectivity index (χ1v) is 9.60. The Morgan fingerprint density at radius 3 is 1.53 bits per heavy atom. The summed E-state index contributed by atoms with van der Waals surface area (Å²) >= 11 is 0. The van der Waals surface area contributed by atoms with Crippen LogP contribution in [0.3, 0.4) is 0 Å². The molecule has 0 aromatic heterocycles. The van der Waals surface area contributed by atoms with Crippen LogP contribution in [0.15, 0.2) is 0 Å². The van der Waals surface area contributed by atoms with Crippen LogP contribution in [0.4, 0.5) is 0 Å². The third-order valence-electron chi connectivity index (χ3n) is 2.96. The van der Waals surface area contributed by atoms with Crippen molar-refractivity contribution in [3.63, 3.8) is 0 Å². The van der Waals surface area contributed by atoms with Gasteiger partial charge < -0.3 is 27.2 Å². The van der Waals surface area contributed by atoms with Crippen LogP contribution in [0.5, 0.6) is 0 Å². The first-order valence-electron chi connectivity index (χ1n) is 5.44. The standard InChI is InChI=1S/C9H24O6Si2/c1-11-16(9-10,12-2)7-6-8-17(13-3,14-4)15-5/h10H,6-9H2,1-5H3. The van der Waals surface area contributed by atoms with Gasteiger partial charge in [-0.3, -0.25) is 0 Å². The Balaban J connectivity index is 4.28. The van der Waals surface area contributed by atoms with Crippen molar-refractivity contribution in [1.82, 2.24) is 0 Å². The second-order valence-corrected chi connectivity index (χ2v) is 10.2. The molecule has 0 aliphatic carbocycles. The lowest BCUT2D eigenvalue weighted by Crippen LogP contribution is -2.46. The lowest BCUT2D eigenvalue weighted by molar-refractivity contribution is 0.123. The molecule has 0 aromatic carbocycles. The van der Waals surface area contributed by atoms with Crippen molar-refractivity contribution in [2.75, 3.05) is 41.8 Å². The molecule has 104 valence electrons. The molecule has 0 heterocycles. The second-order valence-electron chi connectivity index (χ2n) is 3.63. The average molecular weight is 284 g/mol. The van der Waals surface area contributed by atoms with Gasteiger partial charge in [0.2, 0.25) is 0 Å². The monoisotopic (exact) mass is 284 g/mol. The predicted octanol–water partition coefficient (Wildman–Crippen LogP) is 0.521. The van der Waals surface area contributed by atoms with Crippen molar-refractivity contribution in [3.05, 3.63) is 0 Å². The van der Waals surface area contributed by atoms with Crippen molar-refractivity contribution < 1.29 is 27.2 Å². The molecule has 6 nitrogen and oxygen atoms in total. The average Bonchev–Trinajstić information content (AvgIpc) is 2.41. The fourth-order valence-electron chi connectivity index (χ4n) is 1.63. The first kappa shape index (κ1) is 17.2. The van der Waals surface area contributed by atoms with Crippen LogP contribution >= 0.6 is 0 Å². The minimum absolute atomic E-state index is 0.0541. The third-order valence-corrected chi connectivity index (χ3v) is 8.88. The molecule has 0 rings (SSSR count). The molecule has 0 saturated heterocycles. The van der Waals surface area contributed by atoms with E-state index in [0.29, 0.717) is 12.1 Å². The quantitative estimate of drug-likeness (QED) is 0.590. The highest BCUT2D eigenvalue weighted by molar-refractivity contribution is 6.67. The zero-order valence-electron chi connectivity index (χ0n) is 11.3. The van der Waals surface area contributed by atoms with Gasteiger partial charge in [0.1, 0.15) is 0 Å². The summed E-state index contributed by atoms with van der Waals surface area (Å²) in [6.07, 6.45) is 0.720. The van der Waals surface area contributed by atoms with E-state index >= 15 is 0 Å². The Bertz CT molecular complexity index is 159. The molecule has 8 heteroatoms. The Morgan fingerprint density at radius 1 is 0.765 bits per heavy atom. The van der Waals surface area contributed by atoms with Gasteiger partial charge in [-0.2, -0.15) is 0 Å². The van der Waals surface area contributed by atoms with Crippen LogP contribution in [-0.2, 0) is 22.1 Å². The maximum absolute atomic E-state index is 9.31. The van der Waals surface area contributed by atoms with Crippen molar-refractivity contribution in [3.8, 4) is 0 Å². The zero-order chi connectivity index (χ0) is 13.4. The van der Waals surface area contributed by atoms with Crippen LogP contribution in [0.25, 0.3) is 0 Å². The van der Waals surface area contributed by atoms with Crippen molar-refractivity contribution in [1.29, 1.82) is 0 Å². The minimum Gasteiger partial charge on any atom is -0.396 e. The number of hydrogen-bond donors (Lipinski definition) is 1. The van der Waals surface area contributed by atoms with Gasteiger partial charge in [0.25, 0.3) is 0 Å². The van der Waals surface area contributed by atoms with Gasteiger partial charge in [0, 0.05) is 41.6 Å². The molecule has 17 heavy (non-hydrogen) atoms. The van der Waals surface area contributed by atoms with E-state index in [9.17, 15) is 5.11 Å². The van der Waals surface area contributed by atoms with E-state index in [1.165, 1.54) is 0 Å². The molecule has 0 radical (unpaired) electrons. The molecule has 1 N–H and O–H groups in total. The Labute approximate surface area is 105 Å². The Morgan fingerprint density at radius 2 is 1.24 bits per heavy atom. The van der Waals surface area contributed by atoms with Gasteiger partial charge in [-0.1, -0.05) is 0 Å². The molecule has 0 aromatic rings. The summed E-state index contributed by atoms with van der Waals surface area (Å²) < 4.78 is 26.6. The maximum Gasteiger partial charge on any atom is 0.500 e. The van der Waals surface area contributed by atoms with Crippen LogP contribution in [0.2, 0.25) is 12.1 Å². The van der Waals surface area contributed by atoms with E-state index in [1.54, 1.807) is 35.5 Å². The predicted molar refractivity (Wildman–Crippen MR) is 67.9 cm³/mol. The summed E-state index contributed by atoms with van der Waals surface area (Å²) in [6.45, 7) is 0. The molecule has 0 spiro atoms. The SMILES string of the molecule is CO[Si](CO)(CCC[Si](OC)(OC)OC)OC. The third kappa shape index (κ3) is 4.75. The van der Waals surface area contributed by atoms with Crippen molar-refractivity contribution >= 4 is 17.4 Å². The topological polar surface area (TPSA) is 66.4 Å². The van der Waals surface area contributed by atoms with E-state index in [4.69, 9.17) is 22.1 Å². The number of hydrogen-bond acceptors (Lipinski definition) is 6. The summed E-state index contributed by atoms with van der Waals surface area (Å²) in [5.41, 5.74) is 0. The van der Waals surface area contributed by atoms with E-state index < -0.39 is 17.4 Å². The Hall–Kier alpha value is 0.194. The molecule has 0 bridgehead atoms. The summed E-state index contributed by atoms with van der Waals surface area (Å²) in [6, 6.07) is 1.36. The highest BCUT2D eigenvalue weighted by Gasteiger charge is 2.40. The molecular weight excluding hydrogens is 260 g/mol. The van der Waals surface area contributed by atoms with E-state index in [1.807, 2.05) is 0 Å². The lowest BCUT2D eigenvalue weighted by Gasteiger charge is -2.28. The van der Waals surface area contributed by atoms with Crippen LogP contribution < -0.4 is 0 Å². The minimum atomic E-state index is -2.53. The first-order chi connectivity index (χ1) is 8.07. The normalized spacial score (nSPS) is 13.1. The number of aliphatic hydroxyl groups excluding tert-OH is 1. The fraction of sp³-hybridized carbons (Fsp3) is 1.00. The summed E-state index contributed by atoms with van der Waals surface area (Å²) in [7, 11) is 2.93. The van der Waals surface area contributed by atoms with Gasteiger partial charge in [-0.15, -0.1) is 0 Å². The van der Waals surface area contributed by atoms with Gasteiger partial charge in [-0.25, -0.2) is 0 Å². The Kier molecular flexibility index (Phi) is 8.42. The van der Waals surface area contributed by atoms with Crippen LogP contribution in [0.1, 0.15) is 6.42 Å². The summed E-state index contributed by atoms with van der Waals surface area (Å²) in [5.74, 6) is 0. The summed E-state index contributed by atoms with van der Waals surface area (Å²) in [4.78, 5) is 0. The summed E-state index contributed by atoms with van der Waals surface area (Å²) in [5, 5.41) is 9.31. The molecule has 0 unspecified atom stereocenters. The molecule has 0 saturated carbocycles. The molecule has 0 aliphatic heterocycles. The van der Waals surface area contributed by atoms with Gasteiger partial charge in [0.15, 0.2) is 0 Å². The molecule has 0 atom stereocenters. The molecule has 0 amide bonds.